The number of phenolic OH excluding ortho intramolecular Hbond substituents is 2. The molecule has 0 saturated heterocycles. The summed E-state index contributed by atoms with van der Waals surface area (Å²) in [6.45, 7) is 23.1. The summed E-state index contributed by atoms with van der Waals surface area (Å²) in [5, 5.41) is 49.5. The Balaban J connectivity index is 1.18. The van der Waals surface area contributed by atoms with Gasteiger partial charge in [0.1, 0.15) is 11.5 Å². The molecule has 0 aliphatic carbocycles. The number of nitrogens with one attached hydrogen (secondary N) is 9. The summed E-state index contributed by atoms with van der Waals surface area (Å²) in [4.78, 5) is 147. The number of aromatic hydroxyl groups is 2. The highest BCUT2D eigenvalue weighted by Crippen LogP contribution is 2.38. The minimum atomic E-state index is -1.30. The van der Waals surface area contributed by atoms with Crippen molar-refractivity contribution in [3.8, 4) is 17.2 Å². The Morgan fingerprint density at radius 1 is 0.309 bits per heavy atom. The van der Waals surface area contributed by atoms with Gasteiger partial charge in [0.15, 0.2) is 11.5 Å². The summed E-state index contributed by atoms with van der Waals surface area (Å²) in [5.74, 6) is -11.4. The summed E-state index contributed by atoms with van der Waals surface area (Å²) in [6.07, 6.45) is -0.527. The van der Waals surface area contributed by atoms with E-state index >= 15 is 19.2 Å². The van der Waals surface area contributed by atoms with Crippen molar-refractivity contribution in [2.45, 2.75) is 109 Å². The van der Waals surface area contributed by atoms with Crippen molar-refractivity contribution < 1.29 is 62.9 Å². The zero-order valence-corrected chi connectivity index (χ0v) is 56.0. The Morgan fingerprint density at radius 2 is 0.526 bits per heavy atom. The number of ketones is 1. The lowest BCUT2D eigenvalue weighted by atomic mass is 9.97. The van der Waals surface area contributed by atoms with E-state index in [0.717, 1.165) is 0 Å². The van der Waals surface area contributed by atoms with Crippen molar-refractivity contribution in [1.29, 1.82) is 0 Å². The quantitative estimate of drug-likeness (QED) is 0.0497. The first-order valence-corrected chi connectivity index (χ1v) is 31.2. The van der Waals surface area contributed by atoms with E-state index < -0.39 is 94.6 Å². The van der Waals surface area contributed by atoms with Gasteiger partial charge in [-0.3, -0.25) is 47.9 Å². The second-order valence-electron chi connectivity index (χ2n) is 25.3. The Morgan fingerprint density at radius 3 is 0.784 bits per heavy atom. The van der Waals surface area contributed by atoms with E-state index in [1.54, 1.807) is 107 Å². The fourth-order valence-electron chi connectivity index (χ4n) is 11.8. The predicted octanol–water partition coefficient (Wildman–Crippen LogP) is 13.4. The number of carbonyl (C=O) groups excluding carboxylic acids is 10. The molecule has 2 aliphatic rings. The fourth-order valence-corrected chi connectivity index (χ4v) is 11.8. The lowest BCUT2D eigenvalue weighted by Crippen LogP contribution is -2.32. The molecule has 8 amide bonds. The third kappa shape index (κ3) is 14.1. The molecule has 0 radical (unpaired) electrons. The first-order chi connectivity index (χ1) is 45.7. The van der Waals surface area contributed by atoms with Gasteiger partial charge in [0.05, 0.1) is 62.2 Å². The van der Waals surface area contributed by atoms with Gasteiger partial charge in [0, 0.05) is 51.9 Å². The zero-order valence-electron chi connectivity index (χ0n) is 56.0. The van der Waals surface area contributed by atoms with Gasteiger partial charge in [0.25, 0.3) is 47.3 Å². The van der Waals surface area contributed by atoms with Crippen molar-refractivity contribution in [2.24, 2.45) is 5.92 Å². The van der Waals surface area contributed by atoms with Gasteiger partial charge in [-0.25, -0.2) is 0 Å². The molecule has 2 atom stereocenters. The van der Waals surface area contributed by atoms with E-state index in [1.165, 1.54) is 86.6 Å². The first-order valence-electron chi connectivity index (χ1n) is 31.2. The van der Waals surface area contributed by atoms with Crippen molar-refractivity contribution in [3.63, 3.8) is 0 Å². The normalized spacial score (nSPS) is 15.8. The van der Waals surface area contributed by atoms with Crippen LogP contribution in [0.25, 0.3) is 0 Å². The standard InChI is InChI=1S/C75H73N9O13/c1-32-15-46-63-47(16-32)68(89)78-55-29-57(39(8)24-37(55)6)80-70(91)49-18-34(3)20-51(65(49)87)72(93)82-59-31-61(43(12)26-41(59)10)84-74(95)53-22-35(4)21-52(66(53)97-75(96)44(13)27-62(85)45(14)76-63)73(94)83-60-30-58(40(9)25-42(60)11)81-71(92)50-19-33(2)17-48(64(50)86)69(90)79-56-28-54(77-67(46)88)36(5)23-38(56)7/h15-26,28-31,44-45,76,86-87H,27H2,1-14H3,(H,77,88)(H,78,89)(H,79,90)(H,80,91)(H,81,92)(H,82,93)(H,83,94)(H,84,95). The molecule has 496 valence electrons. The average Bonchev–Trinajstić information content (AvgIpc) is 0.851. The summed E-state index contributed by atoms with van der Waals surface area (Å²) in [7, 11) is 0. The predicted molar refractivity (Wildman–Crippen MR) is 373 cm³/mol. The minimum absolute atomic E-state index is 0.128. The summed E-state index contributed by atoms with van der Waals surface area (Å²) >= 11 is 0. The van der Waals surface area contributed by atoms with Crippen LogP contribution in [0.1, 0.15) is 170 Å². The molecular weight excluding hydrogens is 1230 g/mol. The maximum atomic E-state index is 15.1. The third-order valence-electron chi connectivity index (χ3n) is 17.2. The second kappa shape index (κ2) is 26.8. The molecule has 0 fully saturated rings. The second-order valence-corrected chi connectivity index (χ2v) is 25.3. The van der Waals surface area contributed by atoms with Gasteiger partial charge in [-0.15, -0.1) is 0 Å². The summed E-state index contributed by atoms with van der Waals surface area (Å²) < 4.78 is 6.17. The molecule has 97 heavy (non-hydrogen) atoms. The molecule has 0 spiro atoms. The SMILES string of the molecule is Cc1cc2c(O)c(c1)C(=O)Nc1cc(c(C)cc1C)NC(=O)c1cc(C)cc3c1OC(=O)C(C)CC(=O)C(C)Nc1c(cc(C)cc1C(=O)Nc1cc(c(C)cc1C)NC(=O)c1cc(C)cc(c1O)C(=O)Nc1cc(c(C)cc1C)NC3=O)C(=O)Nc1cc(c(C)cc1C)NC2=O. The molecule has 14 bridgehead atoms. The highest BCUT2D eigenvalue weighted by Gasteiger charge is 2.32. The Labute approximate surface area is 559 Å². The maximum absolute atomic E-state index is 15.1. The van der Waals surface area contributed by atoms with Crippen LogP contribution in [-0.4, -0.2) is 75.3 Å². The van der Waals surface area contributed by atoms with Gasteiger partial charge in [-0.05, 0) is 230 Å². The highest BCUT2D eigenvalue weighted by atomic mass is 16.5. The number of aryl methyl sites for hydroxylation is 12. The van der Waals surface area contributed by atoms with Gasteiger partial charge in [-0.1, -0.05) is 31.2 Å². The third-order valence-corrected chi connectivity index (χ3v) is 17.2. The maximum Gasteiger partial charge on any atom is 0.314 e. The van der Waals surface area contributed by atoms with Crippen molar-refractivity contribution in [3.05, 3.63) is 208 Å². The number of amides is 8. The lowest BCUT2D eigenvalue weighted by molar-refractivity contribution is -0.140. The number of phenols is 2. The number of hydrogen-bond donors (Lipinski definition) is 11. The average molecular weight is 1310 g/mol. The molecule has 22 heteroatoms. The first kappa shape index (κ1) is 67.9. The van der Waals surface area contributed by atoms with Gasteiger partial charge < -0.3 is 62.8 Å². The van der Waals surface area contributed by atoms with E-state index in [9.17, 15) is 39.0 Å². The number of hydrogen-bond acceptors (Lipinski definition) is 14. The number of anilines is 9. The van der Waals surface area contributed by atoms with Crippen LogP contribution in [0.5, 0.6) is 17.2 Å². The highest BCUT2D eigenvalue weighted by molar-refractivity contribution is 6.19. The number of carbonyl (C=O) groups is 10. The van der Waals surface area contributed by atoms with Crippen molar-refractivity contribution in [1.82, 2.24) is 0 Å². The molecule has 2 unspecified atom stereocenters. The number of rotatable bonds is 0. The molecule has 10 rings (SSSR count). The minimum Gasteiger partial charge on any atom is -0.506 e. The Bertz CT molecular complexity index is 4550. The Hall–Kier alpha value is -11.9. The topological polar surface area (TPSA) is 329 Å². The molecule has 11 N–H and O–H groups in total. The van der Waals surface area contributed by atoms with E-state index in [-0.39, 0.29) is 95.7 Å². The molecule has 8 aromatic rings. The van der Waals surface area contributed by atoms with Gasteiger partial charge in [0.2, 0.25) is 0 Å². The smallest absolute Gasteiger partial charge is 0.314 e. The summed E-state index contributed by atoms with van der Waals surface area (Å²) in [5.41, 5.74) is 5.32. The number of ether oxygens (including phenoxy) is 1. The Kier molecular flexibility index (Phi) is 18.8. The number of esters is 1. The largest absolute Gasteiger partial charge is 0.506 e. The van der Waals surface area contributed by atoms with Crippen LogP contribution in [0.3, 0.4) is 0 Å². The van der Waals surface area contributed by atoms with E-state index in [0.29, 0.717) is 66.8 Å². The molecule has 8 aromatic carbocycles. The van der Waals surface area contributed by atoms with Crippen LogP contribution < -0.4 is 52.6 Å². The van der Waals surface area contributed by atoms with E-state index in [4.69, 9.17) is 4.74 Å². The van der Waals surface area contributed by atoms with Crippen LogP contribution in [0.15, 0.2) is 97.1 Å². The van der Waals surface area contributed by atoms with Gasteiger partial charge in [-0.2, -0.15) is 0 Å². The van der Waals surface area contributed by atoms with Crippen LogP contribution in [0.4, 0.5) is 51.2 Å². The lowest BCUT2D eigenvalue weighted by Gasteiger charge is -2.23. The number of fused-ring (bicyclic) bond motifs is 18. The summed E-state index contributed by atoms with van der Waals surface area (Å²) in [6, 6.07) is 22.8. The van der Waals surface area contributed by atoms with Crippen LogP contribution in [-0.2, 0) is 9.59 Å². The van der Waals surface area contributed by atoms with E-state index in [1.807, 2.05) is 0 Å². The number of Topliss-reactive ketones (excluding diaryl/α,β-unsaturated/α-hetero) is 1. The van der Waals surface area contributed by atoms with Crippen LogP contribution >= 0.6 is 0 Å². The fraction of sp³-hybridized carbons (Fsp3) is 0.227. The van der Waals surface area contributed by atoms with E-state index in [2.05, 4.69) is 47.9 Å². The molecule has 0 saturated carbocycles. The molecular formula is C75H73N9O13. The molecule has 22 nitrogen and oxygen atoms in total. The van der Waals surface area contributed by atoms with Crippen molar-refractivity contribution in [2.75, 3.05) is 47.9 Å². The molecule has 2 heterocycles. The van der Waals surface area contributed by atoms with Crippen LogP contribution in [0.2, 0.25) is 0 Å². The van der Waals surface area contributed by atoms with Gasteiger partial charge >= 0.3 is 5.97 Å². The molecule has 0 aromatic heterocycles. The van der Waals surface area contributed by atoms with Crippen molar-refractivity contribution >= 4 is 110 Å². The number of benzene rings is 8. The monoisotopic (exact) mass is 1310 g/mol. The van der Waals surface area contributed by atoms with Crippen LogP contribution in [0, 0.1) is 89.0 Å². The molecule has 2 aliphatic heterocycles. The zero-order chi connectivity index (χ0) is 70.5.